The normalized spacial score (nSPS) is 26.5. The molecule has 2 atom stereocenters. The monoisotopic (exact) mass is 349 g/mol. The maximum Gasteiger partial charge on any atom is 0.219 e. The van der Waals surface area contributed by atoms with Crippen LogP contribution in [0.1, 0.15) is 25.8 Å². The summed E-state index contributed by atoms with van der Waals surface area (Å²) in [5.41, 5.74) is 1.21. The number of amides is 1. The van der Waals surface area contributed by atoms with Gasteiger partial charge in [0, 0.05) is 63.8 Å². The van der Waals surface area contributed by atoms with E-state index >= 15 is 0 Å². The molecule has 2 heterocycles. The highest BCUT2D eigenvalue weighted by Gasteiger charge is 2.34. The molecule has 3 rings (SSSR count). The minimum Gasteiger partial charge on any atom is -0.342 e. The third kappa shape index (κ3) is 4.11. The van der Waals surface area contributed by atoms with Gasteiger partial charge < -0.3 is 4.90 Å². The van der Waals surface area contributed by atoms with Gasteiger partial charge in [0.2, 0.25) is 5.91 Å². The summed E-state index contributed by atoms with van der Waals surface area (Å²) in [7, 11) is 0. The Balaban J connectivity index is 1.59. The van der Waals surface area contributed by atoms with Gasteiger partial charge in [0.25, 0.3) is 0 Å². The van der Waals surface area contributed by atoms with Crippen LogP contribution in [0.25, 0.3) is 0 Å². The van der Waals surface area contributed by atoms with E-state index in [4.69, 9.17) is 11.6 Å². The quantitative estimate of drug-likeness (QED) is 0.839. The van der Waals surface area contributed by atoms with Gasteiger partial charge in [-0.2, -0.15) is 0 Å². The van der Waals surface area contributed by atoms with Crippen molar-refractivity contribution in [2.45, 2.75) is 32.9 Å². The first-order valence-electron chi connectivity index (χ1n) is 9.00. The zero-order chi connectivity index (χ0) is 17.1. The second-order valence-electron chi connectivity index (χ2n) is 7.23. The van der Waals surface area contributed by atoms with E-state index in [9.17, 15) is 4.79 Å². The lowest BCUT2D eigenvalue weighted by Crippen LogP contribution is -2.42. The van der Waals surface area contributed by atoms with Gasteiger partial charge in [-0.25, -0.2) is 0 Å². The van der Waals surface area contributed by atoms with Crippen molar-refractivity contribution in [2.24, 2.45) is 5.92 Å². The van der Waals surface area contributed by atoms with Crippen LogP contribution in [0, 0.1) is 5.92 Å². The van der Waals surface area contributed by atoms with Gasteiger partial charge in [-0.3, -0.25) is 14.6 Å². The summed E-state index contributed by atoms with van der Waals surface area (Å²) in [5, 5.41) is 0.862. The molecular formula is C19H28ClN3O. The van der Waals surface area contributed by atoms with Crippen LogP contribution >= 0.6 is 11.6 Å². The second-order valence-corrected chi connectivity index (χ2v) is 7.63. The van der Waals surface area contributed by atoms with Crippen molar-refractivity contribution in [1.82, 2.24) is 14.7 Å². The van der Waals surface area contributed by atoms with Crippen molar-refractivity contribution in [2.75, 3.05) is 39.3 Å². The second kappa shape index (κ2) is 7.85. The Labute approximate surface area is 150 Å². The average Bonchev–Trinajstić information content (AvgIpc) is 2.76. The summed E-state index contributed by atoms with van der Waals surface area (Å²) in [6.45, 7) is 11.0. The van der Waals surface area contributed by atoms with Crippen LogP contribution in [-0.2, 0) is 11.3 Å². The van der Waals surface area contributed by atoms with E-state index in [2.05, 4.69) is 28.9 Å². The van der Waals surface area contributed by atoms with Gasteiger partial charge in [0.15, 0.2) is 0 Å². The molecule has 1 amide bonds. The Morgan fingerprint density at radius 3 is 2.71 bits per heavy atom. The highest BCUT2D eigenvalue weighted by atomic mass is 35.5. The molecule has 0 bridgehead atoms. The molecule has 132 valence electrons. The molecule has 0 spiro atoms. The van der Waals surface area contributed by atoms with Crippen LogP contribution in [0.15, 0.2) is 24.3 Å². The van der Waals surface area contributed by atoms with E-state index in [0.29, 0.717) is 12.0 Å². The minimum atomic E-state index is 0.205. The van der Waals surface area contributed by atoms with E-state index in [1.54, 1.807) is 6.92 Å². The van der Waals surface area contributed by atoms with Gasteiger partial charge in [-0.15, -0.1) is 0 Å². The third-order valence-electron chi connectivity index (χ3n) is 5.44. The maximum atomic E-state index is 11.6. The number of nitrogens with zero attached hydrogens (tertiary/aromatic N) is 3. The number of benzene rings is 1. The zero-order valence-corrected chi connectivity index (χ0v) is 15.5. The zero-order valence-electron chi connectivity index (χ0n) is 14.7. The van der Waals surface area contributed by atoms with Gasteiger partial charge in [0.1, 0.15) is 0 Å². The first-order valence-corrected chi connectivity index (χ1v) is 9.37. The highest BCUT2D eigenvalue weighted by molar-refractivity contribution is 6.31. The van der Waals surface area contributed by atoms with Crippen LogP contribution in [-0.4, -0.2) is 65.9 Å². The van der Waals surface area contributed by atoms with Crippen LogP contribution in [0.5, 0.6) is 0 Å². The van der Waals surface area contributed by atoms with Crippen molar-refractivity contribution in [3.05, 3.63) is 34.9 Å². The van der Waals surface area contributed by atoms with E-state index in [0.717, 1.165) is 57.3 Å². The number of carbonyl (C=O) groups is 1. The maximum absolute atomic E-state index is 11.6. The van der Waals surface area contributed by atoms with Crippen molar-refractivity contribution < 1.29 is 4.79 Å². The number of carbonyl (C=O) groups excluding carboxylic acids is 1. The van der Waals surface area contributed by atoms with Crippen LogP contribution < -0.4 is 0 Å². The molecule has 2 fully saturated rings. The first kappa shape index (κ1) is 17.7. The molecule has 2 aliphatic heterocycles. The standard InChI is InChI=1S/C19H28ClN3O/c1-15-12-21(13-17-6-3-4-7-18(17)20)14-19(15)23-9-5-8-22(10-11-23)16(2)24/h3-4,6-7,15,19H,5,8-14H2,1-2H3/t15-,19-/m1/s1. The lowest BCUT2D eigenvalue weighted by molar-refractivity contribution is -0.128. The Bertz CT molecular complexity index is 579. The summed E-state index contributed by atoms with van der Waals surface area (Å²) < 4.78 is 0. The number of hydrogen-bond acceptors (Lipinski definition) is 3. The Morgan fingerprint density at radius 1 is 1.17 bits per heavy atom. The summed E-state index contributed by atoms with van der Waals surface area (Å²) >= 11 is 6.32. The molecule has 1 aromatic rings. The molecule has 0 N–H and O–H groups in total. The first-order chi connectivity index (χ1) is 11.5. The molecule has 1 aromatic carbocycles. The molecule has 2 aliphatic rings. The summed E-state index contributed by atoms with van der Waals surface area (Å²) in [6, 6.07) is 8.72. The van der Waals surface area contributed by atoms with Crippen LogP contribution in [0.4, 0.5) is 0 Å². The molecule has 2 saturated heterocycles. The Hall–Kier alpha value is -1.10. The number of halogens is 1. The minimum absolute atomic E-state index is 0.205. The average molecular weight is 350 g/mol. The van der Waals surface area contributed by atoms with Crippen molar-refractivity contribution >= 4 is 17.5 Å². The molecule has 0 radical (unpaired) electrons. The smallest absolute Gasteiger partial charge is 0.219 e. The Kier molecular flexibility index (Phi) is 5.80. The number of rotatable bonds is 3. The van der Waals surface area contributed by atoms with Gasteiger partial charge in [-0.1, -0.05) is 36.7 Å². The Morgan fingerprint density at radius 2 is 1.96 bits per heavy atom. The fourth-order valence-corrected chi connectivity index (χ4v) is 4.30. The van der Waals surface area contributed by atoms with Gasteiger partial charge in [-0.05, 0) is 24.0 Å². The topological polar surface area (TPSA) is 26.8 Å². The van der Waals surface area contributed by atoms with Crippen molar-refractivity contribution in [1.29, 1.82) is 0 Å². The van der Waals surface area contributed by atoms with Crippen LogP contribution in [0.3, 0.4) is 0 Å². The highest BCUT2D eigenvalue weighted by Crippen LogP contribution is 2.26. The predicted molar refractivity (Wildman–Crippen MR) is 98.1 cm³/mol. The van der Waals surface area contributed by atoms with Gasteiger partial charge >= 0.3 is 0 Å². The molecule has 0 saturated carbocycles. The molecule has 0 aliphatic carbocycles. The molecule has 5 heteroatoms. The van der Waals surface area contributed by atoms with E-state index in [-0.39, 0.29) is 5.91 Å². The van der Waals surface area contributed by atoms with E-state index < -0.39 is 0 Å². The molecule has 4 nitrogen and oxygen atoms in total. The third-order valence-corrected chi connectivity index (χ3v) is 5.81. The summed E-state index contributed by atoms with van der Waals surface area (Å²) in [6.07, 6.45) is 1.08. The molecule has 0 unspecified atom stereocenters. The fraction of sp³-hybridized carbons (Fsp3) is 0.632. The SMILES string of the molecule is CC(=O)N1CCCN([C@@H]2CN(Cc3ccccc3Cl)C[C@H]2C)CC1. The number of hydrogen-bond donors (Lipinski definition) is 0. The summed E-state index contributed by atoms with van der Waals surface area (Å²) in [4.78, 5) is 18.7. The fourth-order valence-electron chi connectivity index (χ4n) is 4.10. The summed E-state index contributed by atoms with van der Waals surface area (Å²) in [5.74, 6) is 0.855. The number of likely N-dealkylation sites (tertiary alicyclic amines) is 1. The van der Waals surface area contributed by atoms with Crippen LogP contribution in [0.2, 0.25) is 5.02 Å². The molecule has 24 heavy (non-hydrogen) atoms. The molecular weight excluding hydrogens is 322 g/mol. The lowest BCUT2D eigenvalue weighted by Gasteiger charge is -2.30. The molecule has 0 aromatic heterocycles. The van der Waals surface area contributed by atoms with Crippen molar-refractivity contribution in [3.8, 4) is 0 Å². The predicted octanol–water partition coefficient (Wildman–Crippen LogP) is 2.71. The largest absolute Gasteiger partial charge is 0.342 e. The van der Waals surface area contributed by atoms with E-state index in [1.807, 2.05) is 17.0 Å². The van der Waals surface area contributed by atoms with Gasteiger partial charge in [0.05, 0.1) is 0 Å². The van der Waals surface area contributed by atoms with E-state index in [1.165, 1.54) is 5.56 Å². The van der Waals surface area contributed by atoms with Crippen molar-refractivity contribution in [3.63, 3.8) is 0 Å². The lowest BCUT2D eigenvalue weighted by atomic mass is 10.0.